The molecule has 0 aromatic carbocycles. The van der Waals surface area contributed by atoms with Crippen molar-refractivity contribution in [2.75, 3.05) is 11.9 Å². The van der Waals surface area contributed by atoms with Crippen LogP contribution in [0.3, 0.4) is 0 Å². The molecule has 3 nitrogen and oxygen atoms in total. The molecule has 2 aliphatic carbocycles. The fourth-order valence-corrected chi connectivity index (χ4v) is 2.38. The van der Waals surface area contributed by atoms with Gasteiger partial charge in [0.25, 0.3) is 0 Å². The minimum absolute atomic E-state index is 0.659. The van der Waals surface area contributed by atoms with E-state index in [0.29, 0.717) is 5.41 Å². The van der Waals surface area contributed by atoms with Crippen LogP contribution in [0.2, 0.25) is 0 Å². The van der Waals surface area contributed by atoms with Gasteiger partial charge in [-0.15, -0.1) is 0 Å². The van der Waals surface area contributed by atoms with Crippen LogP contribution < -0.4 is 5.32 Å². The molecule has 1 aromatic heterocycles. The number of anilines is 1. The van der Waals surface area contributed by atoms with E-state index < -0.39 is 0 Å². The van der Waals surface area contributed by atoms with Gasteiger partial charge in [0.15, 0.2) is 0 Å². The number of hydrogen-bond acceptors (Lipinski definition) is 2. The maximum atomic E-state index is 4.28. The normalized spacial score (nSPS) is 23.5. The second-order valence-electron chi connectivity index (χ2n) is 4.85. The lowest BCUT2D eigenvalue weighted by Gasteiger charge is -2.15. The average Bonchev–Trinajstić information content (AvgIpc) is 3.04. The minimum Gasteiger partial charge on any atom is -0.355 e. The Morgan fingerprint density at radius 2 is 2.36 bits per heavy atom. The van der Waals surface area contributed by atoms with Crippen LogP contribution in [0.4, 0.5) is 5.95 Å². The van der Waals surface area contributed by atoms with Crippen molar-refractivity contribution in [3.8, 4) is 0 Å². The predicted octanol–water partition coefficient (Wildman–Crippen LogP) is 2.02. The summed E-state index contributed by atoms with van der Waals surface area (Å²) in [5.41, 5.74) is 0.659. The van der Waals surface area contributed by atoms with Crippen molar-refractivity contribution in [1.29, 1.82) is 0 Å². The van der Waals surface area contributed by atoms with Gasteiger partial charge in [-0.2, -0.15) is 0 Å². The molecule has 0 radical (unpaired) electrons. The van der Waals surface area contributed by atoms with Gasteiger partial charge in [-0.3, -0.25) is 0 Å². The van der Waals surface area contributed by atoms with Crippen LogP contribution in [-0.4, -0.2) is 16.1 Å². The van der Waals surface area contributed by atoms with E-state index in [1.165, 1.54) is 25.7 Å². The Labute approximate surface area is 84.5 Å². The Hall–Kier alpha value is -0.990. The molecule has 3 heteroatoms. The highest BCUT2D eigenvalue weighted by Crippen LogP contribution is 2.61. The van der Waals surface area contributed by atoms with Gasteiger partial charge in [0, 0.05) is 26.0 Å². The van der Waals surface area contributed by atoms with Crippen LogP contribution in [0.5, 0.6) is 0 Å². The van der Waals surface area contributed by atoms with Gasteiger partial charge >= 0.3 is 0 Å². The number of hydrogen-bond donors (Lipinski definition) is 1. The van der Waals surface area contributed by atoms with E-state index in [0.717, 1.165) is 18.4 Å². The van der Waals surface area contributed by atoms with Gasteiger partial charge in [-0.1, -0.05) is 0 Å². The molecule has 2 fully saturated rings. The standard InChI is InChI=1S/C11H17N3/c1-14-7-6-12-10(14)13-8-11(4-5-11)9-2-3-9/h6-7,9H,2-5,8H2,1H3,(H,12,13). The Morgan fingerprint density at radius 1 is 1.57 bits per heavy atom. The van der Waals surface area contributed by atoms with Gasteiger partial charge in [0.05, 0.1) is 0 Å². The van der Waals surface area contributed by atoms with Crippen molar-refractivity contribution >= 4 is 5.95 Å². The van der Waals surface area contributed by atoms with Gasteiger partial charge in [0.2, 0.25) is 5.95 Å². The van der Waals surface area contributed by atoms with Crippen molar-refractivity contribution in [1.82, 2.24) is 9.55 Å². The molecule has 1 aromatic rings. The first-order valence-corrected chi connectivity index (χ1v) is 5.51. The maximum Gasteiger partial charge on any atom is 0.202 e. The van der Waals surface area contributed by atoms with E-state index >= 15 is 0 Å². The van der Waals surface area contributed by atoms with Gasteiger partial charge in [-0.25, -0.2) is 4.98 Å². The summed E-state index contributed by atoms with van der Waals surface area (Å²) >= 11 is 0. The fourth-order valence-electron chi connectivity index (χ4n) is 2.38. The topological polar surface area (TPSA) is 29.9 Å². The molecule has 76 valence electrons. The Balaban J connectivity index is 1.61. The molecular formula is C11H17N3. The molecule has 14 heavy (non-hydrogen) atoms. The number of rotatable bonds is 4. The first kappa shape index (κ1) is 8.33. The third kappa shape index (κ3) is 1.31. The second kappa shape index (κ2) is 2.75. The van der Waals surface area contributed by atoms with Crippen molar-refractivity contribution in [3.05, 3.63) is 12.4 Å². The highest BCUT2D eigenvalue weighted by Gasteiger charge is 2.53. The van der Waals surface area contributed by atoms with Crippen molar-refractivity contribution < 1.29 is 0 Å². The Kier molecular flexibility index (Phi) is 1.64. The van der Waals surface area contributed by atoms with Gasteiger partial charge < -0.3 is 9.88 Å². The van der Waals surface area contributed by atoms with Crippen molar-refractivity contribution in [2.24, 2.45) is 18.4 Å². The van der Waals surface area contributed by atoms with Crippen LogP contribution in [0.25, 0.3) is 0 Å². The Morgan fingerprint density at radius 3 is 2.86 bits per heavy atom. The summed E-state index contributed by atoms with van der Waals surface area (Å²) in [6, 6.07) is 0. The van der Waals surface area contributed by atoms with E-state index in [9.17, 15) is 0 Å². The Bertz CT molecular complexity index is 334. The molecule has 2 saturated carbocycles. The van der Waals surface area contributed by atoms with E-state index in [-0.39, 0.29) is 0 Å². The lowest BCUT2D eigenvalue weighted by atomic mass is 10.0. The van der Waals surface area contributed by atoms with Crippen LogP contribution in [0.1, 0.15) is 25.7 Å². The first-order chi connectivity index (χ1) is 6.80. The molecule has 0 amide bonds. The molecule has 3 rings (SSSR count). The fraction of sp³-hybridized carbons (Fsp3) is 0.727. The second-order valence-corrected chi connectivity index (χ2v) is 4.85. The van der Waals surface area contributed by atoms with Crippen molar-refractivity contribution in [3.63, 3.8) is 0 Å². The summed E-state index contributed by atoms with van der Waals surface area (Å²) in [6.07, 6.45) is 9.60. The van der Waals surface area contributed by atoms with E-state index in [1.807, 2.05) is 24.0 Å². The summed E-state index contributed by atoms with van der Waals surface area (Å²) < 4.78 is 2.04. The van der Waals surface area contributed by atoms with Crippen LogP contribution in [0, 0.1) is 11.3 Å². The summed E-state index contributed by atoms with van der Waals surface area (Å²) in [5.74, 6) is 2.03. The molecule has 0 saturated heterocycles. The third-order valence-electron chi connectivity index (χ3n) is 3.76. The number of aromatic nitrogens is 2. The lowest BCUT2D eigenvalue weighted by Crippen LogP contribution is -2.19. The third-order valence-corrected chi connectivity index (χ3v) is 3.76. The van der Waals surface area contributed by atoms with E-state index in [1.54, 1.807) is 0 Å². The summed E-state index contributed by atoms with van der Waals surface area (Å²) in [5, 5.41) is 3.47. The molecular weight excluding hydrogens is 174 g/mol. The molecule has 1 heterocycles. The monoisotopic (exact) mass is 191 g/mol. The minimum atomic E-state index is 0.659. The number of imidazole rings is 1. The van der Waals surface area contributed by atoms with E-state index in [4.69, 9.17) is 0 Å². The molecule has 0 atom stereocenters. The number of aryl methyl sites for hydroxylation is 1. The van der Waals surface area contributed by atoms with Gasteiger partial charge in [-0.05, 0) is 37.0 Å². The average molecular weight is 191 g/mol. The molecule has 0 aliphatic heterocycles. The quantitative estimate of drug-likeness (QED) is 0.789. The lowest BCUT2D eigenvalue weighted by molar-refractivity contribution is 0.465. The predicted molar refractivity (Wildman–Crippen MR) is 56.1 cm³/mol. The number of nitrogens with zero attached hydrogens (tertiary/aromatic N) is 2. The highest BCUT2D eigenvalue weighted by atomic mass is 15.2. The highest BCUT2D eigenvalue weighted by molar-refractivity contribution is 5.27. The van der Waals surface area contributed by atoms with Crippen LogP contribution in [-0.2, 0) is 7.05 Å². The van der Waals surface area contributed by atoms with Crippen LogP contribution >= 0.6 is 0 Å². The zero-order chi connectivity index (χ0) is 9.60. The summed E-state index contributed by atoms with van der Waals surface area (Å²) in [7, 11) is 2.03. The van der Waals surface area contributed by atoms with Gasteiger partial charge in [0.1, 0.15) is 0 Å². The molecule has 0 unspecified atom stereocenters. The first-order valence-electron chi connectivity index (χ1n) is 5.51. The molecule has 1 N–H and O–H groups in total. The zero-order valence-electron chi connectivity index (χ0n) is 8.66. The SMILES string of the molecule is Cn1ccnc1NCC1(C2CC2)CC1. The molecule has 0 spiro atoms. The van der Waals surface area contributed by atoms with Crippen molar-refractivity contribution in [2.45, 2.75) is 25.7 Å². The molecule has 0 bridgehead atoms. The van der Waals surface area contributed by atoms with E-state index in [2.05, 4.69) is 10.3 Å². The smallest absolute Gasteiger partial charge is 0.202 e. The largest absolute Gasteiger partial charge is 0.355 e. The maximum absolute atomic E-state index is 4.28. The molecule has 2 aliphatic rings. The zero-order valence-corrected chi connectivity index (χ0v) is 8.66. The van der Waals surface area contributed by atoms with Crippen LogP contribution in [0.15, 0.2) is 12.4 Å². The number of nitrogens with one attached hydrogen (secondary N) is 1. The summed E-state index contributed by atoms with van der Waals surface area (Å²) in [4.78, 5) is 4.28. The summed E-state index contributed by atoms with van der Waals surface area (Å²) in [6.45, 7) is 1.13.